The summed E-state index contributed by atoms with van der Waals surface area (Å²) in [5, 5.41) is 2.80. The Bertz CT molecular complexity index is 657. The van der Waals surface area contributed by atoms with Crippen molar-refractivity contribution in [1.82, 2.24) is 5.32 Å². The van der Waals surface area contributed by atoms with Crippen LogP contribution < -0.4 is 5.32 Å². The van der Waals surface area contributed by atoms with Gasteiger partial charge in [0, 0.05) is 4.32 Å². The molecule has 1 amide bonds. The van der Waals surface area contributed by atoms with Gasteiger partial charge in [-0.05, 0) is 69.4 Å². The number of carbonyl (C=O) groups is 2. The standard InChI is InChI=1S/C19H24BrNO4/c1-12(15-3-2-4-24-15)21-16(22)10-25-17(23)18-6-13-5-14(7-18)9-19(20,8-13)11-18/h2-4,12-14H,5-11H2,1H3,(H,21,22)/t12-,13-,14+,18?,19?/m1/s1. The fraction of sp³-hybridized carbons (Fsp3) is 0.684. The zero-order chi connectivity index (χ0) is 17.7. The van der Waals surface area contributed by atoms with Crippen molar-refractivity contribution in [3.8, 4) is 0 Å². The van der Waals surface area contributed by atoms with Crippen LogP contribution in [-0.4, -0.2) is 22.8 Å². The molecule has 5 atom stereocenters. The highest BCUT2D eigenvalue weighted by Gasteiger charge is 2.60. The van der Waals surface area contributed by atoms with Gasteiger partial charge >= 0.3 is 5.97 Å². The molecule has 1 heterocycles. The van der Waals surface area contributed by atoms with Gasteiger partial charge < -0.3 is 14.5 Å². The lowest BCUT2D eigenvalue weighted by molar-refractivity contribution is -0.171. The number of amides is 1. The molecule has 4 fully saturated rings. The molecule has 4 saturated carbocycles. The van der Waals surface area contributed by atoms with Gasteiger partial charge in [-0.1, -0.05) is 15.9 Å². The molecular formula is C19H24BrNO4. The molecule has 0 aliphatic heterocycles. The number of halogens is 1. The van der Waals surface area contributed by atoms with Gasteiger partial charge in [-0.15, -0.1) is 0 Å². The average Bonchev–Trinajstić information content (AvgIpc) is 3.04. The van der Waals surface area contributed by atoms with Crippen LogP contribution in [0.15, 0.2) is 22.8 Å². The number of alkyl halides is 1. The first-order chi connectivity index (χ1) is 11.9. The Morgan fingerprint density at radius 1 is 1.36 bits per heavy atom. The molecule has 1 aromatic rings. The Hall–Kier alpha value is -1.30. The Morgan fingerprint density at radius 3 is 2.68 bits per heavy atom. The fourth-order valence-corrected chi connectivity index (χ4v) is 7.02. The van der Waals surface area contributed by atoms with Crippen molar-refractivity contribution in [2.45, 2.75) is 55.8 Å². The zero-order valence-corrected chi connectivity index (χ0v) is 16.0. The third-order valence-corrected chi connectivity index (χ3v) is 7.03. The van der Waals surface area contributed by atoms with Crippen LogP contribution in [-0.2, 0) is 14.3 Å². The molecule has 0 spiro atoms. The molecule has 136 valence electrons. The van der Waals surface area contributed by atoms with Crippen LogP contribution in [0.25, 0.3) is 0 Å². The molecule has 4 aliphatic rings. The highest BCUT2D eigenvalue weighted by atomic mass is 79.9. The number of hydrogen-bond acceptors (Lipinski definition) is 4. The van der Waals surface area contributed by atoms with E-state index in [2.05, 4.69) is 21.2 Å². The second-order valence-corrected chi connectivity index (χ2v) is 9.96. The molecule has 4 aliphatic carbocycles. The number of rotatable bonds is 5. The highest BCUT2D eigenvalue weighted by molar-refractivity contribution is 9.10. The van der Waals surface area contributed by atoms with E-state index in [9.17, 15) is 9.59 Å². The monoisotopic (exact) mass is 409 g/mol. The largest absolute Gasteiger partial charge is 0.467 e. The first kappa shape index (κ1) is 17.1. The van der Waals surface area contributed by atoms with Crippen molar-refractivity contribution in [1.29, 1.82) is 0 Å². The third-order valence-electron chi connectivity index (χ3n) is 6.10. The number of furan rings is 1. The summed E-state index contributed by atoms with van der Waals surface area (Å²) in [5.74, 6) is 1.42. The summed E-state index contributed by atoms with van der Waals surface area (Å²) in [6.45, 7) is 1.61. The van der Waals surface area contributed by atoms with E-state index in [1.54, 1.807) is 12.3 Å². The maximum absolute atomic E-state index is 12.8. The van der Waals surface area contributed by atoms with Crippen molar-refractivity contribution >= 4 is 27.8 Å². The molecule has 0 saturated heterocycles. The minimum atomic E-state index is -0.388. The van der Waals surface area contributed by atoms with E-state index in [-0.39, 0.29) is 34.3 Å². The van der Waals surface area contributed by atoms with Gasteiger partial charge in [0.2, 0.25) is 0 Å². The van der Waals surface area contributed by atoms with E-state index in [0.717, 1.165) is 19.3 Å². The van der Waals surface area contributed by atoms with Crippen LogP contribution in [0.2, 0.25) is 0 Å². The molecule has 25 heavy (non-hydrogen) atoms. The SMILES string of the molecule is C[C@@H](NC(=O)COC(=O)C12C[C@@H]3C[C@@H](CC(Br)(C3)C1)C2)c1ccco1. The summed E-state index contributed by atoms with van der Waals surface area (Å²) in [6, 6.07) is 3.34. The molecule has 6 heteroatoms. The lowest BCUT2D eigenvalue weighted by atomic mass is 9.49. The molecule has 1 aromatic heterocycles. The van der Waals surface area contributed by atoms with Crippen LogP contribution in [0.4, 0.5) is 0 Å². The first-order valence-corrected chi connectivity index (χ1v) is 9.86. The fourth-order valence-electron chi connectivity index (χ4n) is 5.57. The van der Waals surface area contributed by atoms with E-state index in [0.29, 0.717) is 17.6 Å². The van der Waals surface area contributed by atoms with E-state index < -0.39 is 0 Å². The van der Waals surface area contributed by atoms with Crippen molar-refractivity contribution in [2.24, 2.45) is 17.3 Å². The average molecular weight is 410 g/mol. The number of hydrogen-bond donors (Lipinski definition) is 1. The van der Waals surface area contributed by atoms with Crippen LogP contribution in [0.5, 0.6) is 0 Å². The minimum absolute atomic E-state index is 0.103. The zero-order valence-electron chi connectivity index (χ0n) is 14.4. The summed E-state index contributed by atoms with van der Waals surface area (Å²) in [7, 11) is 0. The summed E-state index contributed by atoms with van der Waals surface area (Å²) in [4.78, 5) is 24.9. The Labute approximate surface area is 156 Å². The Balaban J connectivity index is 1.34. The van der Waals surface area contributed by atoms with E-state index in [1.807, 2.05) is 13.0 Å². The van der Waals surface area contributed by atoms with E-state index in [1.165, 1.54) is 19.3 Å². The Kier molecular flexibility index (Phi) is 4.21. The van der Waals surface area contributed by atoms with Gasteiger partial charge in [-0.3, -0.25) is 9.59 Å². The highest BCUT2D eigenvalue weighted by Crippen LogP contribution is 2.64. The van der Waals surface area contributed by atoms with Crippen molar-refractivity contribution in [3.05, 3.63) is 24.2 Å². The second-order valence-electron chi connectivity index (χ2n) is 8.27. The number of nitrogens with one attached hydrogen (secondary N) is 1. The summed E-state index contributed by atoms with van der Waals surface area (Å²) in [6.07, 6.45) is 7.82. The van der Waals surface area contributed by atoms with Crippen molar-refractivity contribution in [2.75, 3.05) is 6.61 Å². The molecule has 0 aromatic carbocycles. The van der Waals surface area contributed by atoms with Crippen LogP contribution in [0.3, 0.4) is 0 Å². The maximum Gasteiger partial charge on any atom is 0.312 e. The molecule has 5 rings (SSSR count). The molecular weight excluding hydrogens is 386 g/mol. The van der Waals surface area contributed by atoms with E-state index in [4.69, 9.17) is 9.15 Å². The van der Waals surface area contributed by atoms with Gasteiger partial charge in [0.15, 0.2) is 6.61 Å². The summed E-state index contributed by atoms with van der Waals surface area (Å²) >= 11 is 3.90. The quantitative estimate of drug-likeness (QED) is 0.593. The van der Waals surface area contributed by atoms with E-state index >= 15 is 0 Å². The predicted molar refractivity (Wildman–Crippen MR) is 95.0 cm³/mol. The Morgan fingerprint density at radius 2 is 2.08 bits per heavy atom. The minimum Gasteiger partial charge on any atom is -0.467 e. The van der Waals surface area contributed by atoms with Crippen molar-refractivity contribution in [3.63, 3.8) is 0 Å². The number of ether oxygens (including phenoxy) is 1. The van der Waals surface area contributed by atoms with Gasteiger partial charge in [-0.25, -0.2) is 0 Å². The van der Waals surface area contributed by atoms with Gasteiger partial charge in [0.25, 0.3) is 5.91 Å². The summed E-state index contributed by atoms with van der Waals surface area (Å²) in [5.41, 5.74) is -0.388. The predicted octanol–water partition coefficient (Wildman–Crippen LogP) is 3.73. The smallest absolute Gasteiger partial charge is 0.312 e. The van der Waals surface area contributed by atoms with Crippen LogP contribution in [0, 0.1) is 17.3 Å². The molecule has 0 radical (unpaired) electrons. The number of carbonyl (C=O) groups excluding carboxylic acids is 2. The van der Waals surface area contributed by atoms with Gasteiger partial charge in [0.05, 0.1) is 17.7 Å². The van der Waals surface area contributed by atoms with Crippen LogP contribution in [0.1, 0.15) is 57.3 Å². The molecule has 1 N–H and O–H groups in total. The van der Waals surface area contributed by atoms with Crippen molar-refractivity contribution < 1.29 is 18.7 Å². The summed E-state index contributed by atoms with van der Waals surface area (Å²) < 4.78 is 10.8. The second kappa shape index (κ2) is 6.15. The lowest BCUT2D eigenvalue weighted by Crippen LogP contribution is -2.56. The van der Waals surface area contributed by atoms with Crippen LogP contribution >= 0.6 is 15.9 Å². The topological polar surface area (TPSA) is 68.5 Å². The number of esters is 1. The molecule has 5 nitrogen and oxygen atoms in total. The van der Waals surface area contributed by atoms with Gasteiger partial charge in [0.1, 0.15) is 5.76 Å². The normalized spacial score (nSPS) is 36.9. The molecule has 2 unspecified atom stereocenters. The third kappa shape index (κ3) is 3.25. The first-order valence-electron chi connectivity index (χ1n) is 9.06. The lowest BCUT2D eigenvalue weighted by Gasteiger charge is -2.58. The van der Waals surface area contributed by atoms with Gasteiger partial charge in [-0.2, -0.15) is 0 Å². The molecule has 4 bridgehead atoms. The maximum atomic E-state index is 12.8.